The number of rotatable bonds is 2. The first-order valence-corrected chi connectivity index (χ1v) is 6.28. The van der Waals surface area contributed by atoms with Crippen molar-refractivity contribution >= 4 is 5.97 Å². The summed E-state index contributed by atoms with van der Waals surface area (Å²) < 4.78 is 4.80. The first-order valence-electron chi connectivity index (χ1n) is 6.28. The normalized spacial score (nSPS) is 14.4. The molecule has 0 amide bonds. The molecule has 1 aliphatic carbocycles. The van der Waals surface area contributed by atoms with Crippen molar-refractivity contribution in [3.63, 3.8) is 0 Å². The highest BCUT2D eigenvalue weighted by Gasteiger charge is 2.26. The van der Waals surface area contributed by atoms with Gasteiger partial charge in [0, 0.05) is 6.20 Å². The van der Waals surface area contributed by atoms with E-state index in [1.165, 1.54) is 26.4 Å². The lowest BCUT2D eigenvalue weighted by molar-refractivity contribution is 0.0596. The summed E-state index contributed by atoms with van der Waals surface area (Å²) in [7, 11) is 1.42. The number of esters is 1. The molecule has 17 heavy (non-hydrogen) atoms. The third kappa shape index (κ3) is 2.84. The molecule has 0 bridgehead atoms. The number of aryl methyl sites for hydroxylation is 1. The Hall–Kier alpha value is -1.38. The fraction of sp³-hybridized carbons (Fsp3) is 0.571. The van der Waals surface area contributed by atoms with Crippen molar-refractivity contribution in [3.05, 3.63) is 29.1 Å². The quantitative estimate of drug-likeness (QED) is 0.737. The SMILES string of the molecule is CC.COC(=O)c1c(C2CCC2)ccnc1C. The summed E-state index contributed by atoms with van der Waals surface area (Å²) in [6, 6.07) is 1.95. The lowest BCUT2D eigenvalue weighted by Crippen LogP contribution is -2.16. The number of methoxy groups -OCH3 is 1. The number of hydrogen-bond acceptors (Lipinski definition) is 3. The Bertz CT molecular complexity index is 384. The van der Waals surface area contributed by atoms with Crippen LogP contribution in [0.15, 0.2) is 12.3 Å². The molecule has 1 aromatic heterocycles. The van der Waals surface area contributed by atoms with Gasteiger partial charge in [0.25, 0.3) is 0 Å². The van der Waals surface area contributed by atoms with Crippen molar-refractivity contribution in [3.8, 4) is 0 Å². The first-order chi connectivity index (χ1) is 8.24. The minimum absolute atomic E-state index is 0.262. The van der Waals surface area contributed by atoms with Gasteiger partial charge in [-0.1, -0.05) is 20.3 Å². The molecule has 1 heterocycles. The molecule has 1 saturated carbocycles. The maximum absolute atomic E-state index is 11.6. The average Bonchev–Trinajstić information content (AvgIpc) is 2.29. The molecule has 0 radical (unpaired) electrons. The van der Waals surface area contributed by atoms with Crippen LogP contribution in [0.4, 0.5) is 0 Å². The smallest absolute Gasteiger partial charge is 0.339 e. The van der Waals surface area contributed by atoms with E-state index >= 15 is 0 Å². The van der Waals surface area contributed by atoms with Gasteiger partial charge in [-0.25, -0.2) is 4.79 Å². The number of carbonyl (C=O) groups is 1. The number of aromatic nitrogens is 1. The zero-order valence-electron chi connectivity index (χ0n) is 11.1. The van der Waals surface area contributed by atoms with Gasteiger partial charge in [0.1, 0.15) is 0 Å². The molecule has 1 fully saturated rings. The summed E-state index contributed by atoms with van der Waals surface area (Å²) in [5.41, 5.74) is 2.55. The van der Waals surface area contributed by atoms with Gasteiger partial charge in [0.15, 0.2) is 0 Å². The van der Waals surface area contributed by atoms with Crippen LogP contribution in [0.1, 0.15) is 60.6 Å². The van der Waals surface area contributed by atoms with Crippen molar-refractivity contribution in [2.75, 3.05) is 7.11 Å². The van der Waals surface area contributed by atoms with E-state index in [2.05, 4.69) is 4.98 Å². The van der Waals surface area contributed by atoms with Gasteiger partial charge in [0.05, 0.1) is 18.4 Å². The monoisotopic (exact) mass is 235 g/mol. The maximum Gasteiger partial charge on any atom is 0.339 e. The van der Waals surface area contributed by atoms with Gasteiger partial charge in [-0.05, 0) is 37.3 Å². The Morgan fingerprint density at radius 3 is 2.53 bits per heavy atom. The molecule has 0 saturated heterocycles. The van der Waals surface area contributed by atoms with E-state index in [1.807, 2.05) is 26.8 Å². The van der Waals surface area contributed by atoms with Crippen LogP contribution >= 0.6 is 0 Å². The second-order valence-corrected chi connectivity index (χ2v) is 3.98. The van der Waals surface area contributed by atoms with E-state index < -0.39 is 0 Å². The molecule has 1 aromatic rings. The van der Waals surface area contributed by atoms with Crippen LogP contribution in [0.5, 0.6) is 0 Å². The van der Waals surface area contributed by atoms with Crippen LogP contribution in [0.25, 0.3) is 0 Å². The molecule has 0 unspecified atom stereocenters. The molecule has 3 nitrogen and oxygen atoms in total. The van der Waals surface area contributed by atoms with E-state index in [-0.39, 0.29) is 5.97 Å². The number of hydrogen-bond donors (Lipinski definition) is 0. The lowest BCUT2D eigenvalue weighted by atomic mass is 9.78. The summed E-state index contributed by atoms with van der Waals surface area (Å²) in [5.74, 6) is 0.267. The lowest BCUT2D eigenvalue weighted by Gasteiger charge is -2.27. The highest BCUT2D eigenvalue weighted by Crippen LogP contribution is 2.38. The molecule has 0 N–H and O–H groups in total. The van der Waals surface area contributed by atoms with Crippen molar-refractivity contribution < 1.29 is 9.53 Å². The molecule has 2 rings (SSSR count). The van der Waals surface area contributed by atoms with Gasteiger partial charge in [-0.15, -0.1) is 0 Å². The Morgan fingerprint density at radius 1 is 1.41 bits per heavy atom. The van der Waals surface area contributed by atoms with Crippen LogP contribution in [0, 0.1) is 6.92 Å². The molecule has 3 heteroatoms. The van der Waals surface area contributed by atoms with E-state index in [4.69, 9.17) is 4.74 Å². The molecule has 0 aromatic carbocycles. The van der Waals surface area contributed by atoms with Crippen molar-refractivity contribution in [1.29, 1.82) is 0 Å². The minimum Gasteiger partial charge on any atom is -0.465 e. The molecule has 94 valence electrons. The standard InChI is InChI=1S/C12H15NO2.C2H6/c1-8-11(12(14)15-2)10(6-7-13-8)9-4-3-5-9;1-2/h6-7,9H,3-5H2,1-2H3;1-2H3. The Kier molecular flexibility index (Phi) is 5.13. The van der Waals surface area contributed by atoms with E-state index in [1.54, 1.807) is 6.20 Å². The fourth-order valence-electron chi connectivity index (χ4n) is 2.01. The number of pyridine rings is 1. The van der Waals surface area contributed by atoms with Gasteiger partial charge < -0.3 is 4.74 Å². The van der Waals surface area contributed by atoms with Crippen LogP contribution in [0.3, 0.4) is 0 Å². The summed E-state index contributed by atoms with van der Waals surface area (Å²) >= 11 is 0. The van der Waals surface area contributed by atoms with E-state index in [9.17, 15) is 4.79 Å². The molecule has 0 atom stereocenters. The Labute approximate surface area is 103 Å². The second kappa shape index (κ2) is 6.38. The molecular weight excluding hydrogens is 214 g/mol. The topological polar surface area (TPSA) is 39.2 Å². The zero-order chi connectivity index (χ0) is 12.8. The summed E-state index contributed by atoms with van der Waals surface area (Å²) in [5, 5.41) is 0. The number of carbonyl (C=O) groups excluding carboxylic acids is 1. The van der Waals surface area contributed by atoms with Crippen LogP contribution in [-0.4, -0.2) is 18.1 Å². The van der Waals surface area contributed by atoms with Crippen LogP contribution in [0.2, 0.25) is 0 Å². The van der Waals surface area contributed by atoms with Gasteiger partial charge in [0.2, 0.25) is 0 Å². The summed E-state index contributed by atoms with van der Waals surface area (Å²) in [4.78, 5) is 15.8. The van der Waals surface area contributed by atoms with Crippen LogP contribution in [-0.2, 0) is 4.74 Å². The predicted molar refractivity (Wildman–Crippen MR) is 68.3 cm³/mol. The summed E-state index contributed by atoms with van der Waals surface area (Å²) in [6.07, 6.45) is 5.38. The first kappa shape index (κ1) is 13.7. The third-order valence-corrected chi connectivity index (χ3v) is 3.11. The number of ether oxygens (including phenoxy) is 1. The van der Waals surface area contributed by atoms with E-state index in [0.29, 0.717) is 11.5 Å². The highest BCUT2D eigenvalue weighted by molar-refractivity contribution is 5.92. The minimum atomic E-state index is -0.262. The largest absolute Gasteiger partial charge is 0.465 e. The van der Waals surface area contributed by atoms with Crippen molar-refractivity contribution in [1.82, 2.24) is 4.98 Å². The Morgan fingerprint density at radius 2 is 2.06 bits per heavy atom. The van der Waals surface area contributed by atoms with Crippen molar-refractivity contribution in [2.45, 2.75) is 46.0 Å². The Balaban J connectivity index is 0.000000686. The van der Waals surface area contributed by atoms with Crippen molar-refractivity contribution in [2.24, 2.45) is 0 Å². The third-order valence-electron chi connectivity index (χ3n) is 3.11. The molecule has 1 aliphatic rings. The molecule has 0 aliphatic heterocycles. The summed E-state index contributed by atoms with van der Waals surface area (Å²) in [6.45, 7) is 5.86. The number of nitrogens with zero attached hydrogens (tertiary/aromatic N) is 1. The van der Waals surface area contributed by atoms with Gasteiger partial charge >= 0.3 is 5.97 Å². The second-order valence-electron chi connectivity index (χ2n) is 3.98. The zero-order valence-corrected chi connectivity index (χ0v) is 11.1. The van der Waals surface area contributed by atoms with E-state index in [0.717, 1.165) is 11.3 Å². The fourth-order valence-corrected chi connectivity index (χ4v) is 2.01. The molecule has 0 spiro atoms. The highest BCUT2D eigenvalue weighted by atomic mass is 16.5. The van der Waals surface area contributed by atoms with Crippen LogP contribution < -0.4 is 0 Å². The van der Waals surface area contributed by atoms with Gasteiger partial charge in [-0.3, -0.25) is 4.98 Å². The average molecular weight is 235 g/mol. The predicted octanol–water partition coefficient (Wildman–Crippen LogP) is 3.47. The van der Waals surface area contributed by atoms with Gasteiger partial charge in [-0.2, -0.15) is 0 Å². The molecular formula is C14H21NO2. The maximum atomic E-state index is 11.6.